The molecule has 2 amide bonds. The van der Waals surface area contributed by atoms with Crippen molar-refractivity contribution in [3.8, 4) is 0 Å². The van der Waals surface area contributed by atoms with Gasteiger partial charge in [0.25, 0.3) is 11.8 Å². The Morgan fingerprint density at radius 3 is 2.74 bits per heavy atom. The topological polar surface area (TPSA) is 131 Å². The number of rotatable bonds is 6. The fourth-order valence-corrected chi connectivity index (χ4v) is 5.56. The zero-order chi connectivity index (χ0) is 26.4. The van der Waals surface area contributed by atoms with Gasteiger partial charge in [-0.3, -0.25) is 14.4 Å². The van der Waals surface area contributed by atoms with Crippen LogP contribution >= 0.6 is 11.7 Å². The summed E-state index contributed by atoms with van der Waals surface area (Å²) in [4.78, 5) is 42.8. The summed E-state index contributed by atoms with van der Waals surface area (Å²) in [7, 11) is 0. The molecule has 0 bridgehead atoms. The normalized spacial score (nSPS) is 14.5. The summed E-state index contributed by atoms with van der Waals surface area (Å²) in [6.45, 7) is 3.79. The molecule has 6 rings (SSSR count). The molecule has 0 unspecified atom stereocenters. The Morgan fingerprint density at radius 1 is 1.05 bits per heavy atom. The molecule has 3 heterocycles. The molecule has 2 aromatic carbocycles. The molecule has 190 valence electrons. The summed E-state index contributed by atoms with van der Waals surface area (Å²) < 4.78 is 9.85. The number of hydrogen-bond acceptors (Lipinski definition) is 8. The molecule has 0 aliphatic heterocycles. The van der Waals surface area contributed by atoms with E-state index in [2.05, 4.69) is 29.5 Å². The van der Waals surface area contributed by atoms with Gasteiger partial charge in [-0.1, -0.05) is 18.2 Å². The Kier molecular flexibility index (Phi) is 5.91. The largest absolute Gasteiger partial charge is 0.347 e. The smallest absolute Gasteiger partial charge is 0.270 e. The van der Waals surface area contributed by atoms with E-state index in [-0.39, 0.29) is 35.7 Å². The quantitative estimate of drug-likeness (QED) is 0.324. The van der Waals surface area contributed by atoms with Crippen LogP contribution < -0.4 is 10.6 Å². The monoisotopic (exact) mass is 525 g/mol. The number of aromatic nitrogens is 5. The maximum absolute atomic E-state index is 13.4. The van der Waals surface area contributed by atoms with Gasteiger partial charge in [-0.2, -0.15) is 13.8 Å². The van der Waals surface area contributed by atoms with Gasteiger partial charge >= 0.3 is 0 Å². The Morgan fingerprint density at radius 2 is 1.89 bits per heavy atom. The maximum atomic E-state index is 13.4. The van der Waals surface area contributed by atoms with Gasteiger partial charge in [0.05, 0.1) is 24.0 Å². The van der Waals surface area contributed by atoms with E-state index in [1.165, 1.54) is 16.8 Å². The van der Waals surface area contributed by atoms with Crippen molar-refractivity contribution in [3.05, 3.63) is 87.9 Å². The lowest BCUT2D eigenvalue weighted by molar-refractivity contribution is 0.0927. The van der Waals surface area contributed by atoms with Gasteiger partial charge in [-0.15, -0.1) is 0 Å². The third-order valence-electron chi connectivity index (χ3n) is 6.97. The highest BCUT2D eigenvalue weighted by Crippen LogP contribution is 2.35. The second-order valence-electron chi connectivity index (χ2n) is 9.32. The molecule has 5 aromatic rings. The van der Waals surface area contributed by atoms with Gasteiger partial charge < -0.3 is 10.6 Å². The van der Waals surface area contributed by atoms with Gasteiger partial charge in [-0.25, -0.2) is 9.50 Å². The van der Waals surface area contributed by atoms with E-state index in [9.17, 15) is 14.4 Å². The lowest BCUT2D eigenvalue weighted by Gasteiger charge is -2.16. The maximum Gasteiger partial charge on any atom is 0.270 e. The van der Waals surface area contributed by atoms with E-state index < -0.39 is 5.91 Å². The molecule has 0 saturated heterocycles. The highest BCUT2D eigenvalue weighted by Gasteiger charge is 2.28. The number of carbonyl (C=O) groups excluding carboxylic acids is 3. The predicted molar refractivity (Wildman–Crippen MR) is 141 cm³/mol. The van der Waals surface area contributed by atoms with Crippen LogP contribution in [0.5, 0.6) is 0 Å². The molecule has 10 nitrogen and oxygen atoms in total. The fraction of sp³-hybridized carbons (Fsp3) is 0.222. The van der Waals surface area contributed by atoms with Crippen molar-refractivity contribution in [2.45, 2.75) is 39.3 Å². The molecule has 1 atom stereocenters. The minimum absolute atomic E-state index is 0.0298. The Bertz CT molecular complexity index is 1760. The zero-order valence-electron chi connectivity index (χ0n) is 20.7. The standard InChI is InChI=1S/C27H23N7O3S/c1-14-17(15(2)35)4-5-19-18(14)6-8-20(19)31-27(37)24-12-23(30-25-9-10-29-34(24)25)26(36)28-13-16-3-7-21-22(11-16)33-38-32-21/h3-5,7,9-12,20H,6,8,13H2,1-2H3,(H,28,36)(H,31,37)/t20-/m0/s1. The second kappa shape index (κ2) is 9.42. The molecular formula is C27H23N7O3S. The average molecular weight is 526 g/mol. The van der Waals surface area contributed by atoms with Crippen LogP contribution in [0.4, 0.5) is 0 Å². The summed E-state index contributed by atoms with van der Waals surface area (Å²) >= 11 is 1.14. The number of nitrogens with one attached hydrogen (secondary N) is 2. The Balaban J connectivity index is 1.23. The van der Waals surface area contributed by atoms with Gasteiger partial charge in [0.2, 0.25) is 0 Å². The van der Waals surface area contributed by atoms with Crippen LogP contribution in [-0.2, 0) is 13.0 Å². The average Bonchev–Trinajstić information content (AvgIpc) is 3.66. The van der Waals surface area contributed by atoms with Crippen LogP contribution in [0.2, 0.25) is 0 Å². The van der Waals surface area contributed by atoms with Crippen LogP contribution in [0.25, 0.3) is 16.7 Å². The molecule has 2 N–H and O–H groups in total. The van der Waals surface area contributed by atoms with E-state index in [1.807, 2.05) is 37.3 Å². The van der Waals surface area contributed by atoms with Gasteiger partial charge in [-0.05, 0) is 61.1 Å². The van der Waals surface area contributed by atoms with Crippen LogP contribution in [0.15, 0.2) is 48.7 Å². The summed E-state index contributed by atoms with van der Waals surface area (Å²) in [5.41, 5.74) is 6.99. The molecule has 1 aliphatic rings. The Hall–Kier alpha value is -4.51. The van der Waals surface area contributed by atoms with Crippen LogP contribution in [0, 0.1) is 6.92 Å². The first-order valence-electron chi connectivity index (χ1n) is 12.2. The molecule has 1 aliphatic carbocycles. The summed E-state index contributed by atoms with van der Waals surface area (Å²) in [6, 6.07) is 12.3. The third kappa shape index (κ3) is 4.20. The predicted octanol–water partition coefficient (Wildman–Crippen LogP) is 3.59. The molecule has 0 saturated carbocycles. The van der Waals surface area contributed by atoms with Gasteiger partial charge in [0, 0.05) is 24.2 Å². The first-order chi connectivity index (χ1) is 18.4. The highest BCUT2D eigenvalue weighted by atomic mass is 32.1. The minimum Gasteiger partial charge on any atom is -0.347 e. The lowest BCUT2D eigenvalue weighted by Crippen LogP contribution is -2.30. The molecular weight excluding hydrogens is 502 g/mol. The number of hydrogen-bond donors (Lipinski definition) is 2. The van der Waals surface area contributed by atoms with Crippen LogP contribution in [0.3, 0.4) is 0 Å². The number of fused-ring (bicyclic) bond motifs is 3. The first kappa shape index (κ1) is 23.9. The lowest BCUT2D eigenvalue weighted by atomic mass is 9.96. The van der Waals surface area contributed by atoms with Crippen LogP contribution in [-0.4, -0.2) is 40.9 Å². The number of amides is 2. The second-order valence-corrected chi connectivity index (χ2v) is 9.85. The Labute approximate surface area is 221 Å². The number of benzene rings is 2. The van der Waals surface area contributed by atoms with Gasteiger partial charge in [0.1, 0.15) is 22.4 Å². The summed E-state index contributed by atoms with van der Waals surface area (Å²) in [5, 5.41) is 10.2. The van der Waals surface area contributed by atoms with Crippen molar-refractivity contribution in [2.75, 3.05) is 0 Å². The number of carbonyl (C=O) groups is 3. The summed E-state index contributed by atoms with van der Waals surface area (Å²) in [6.07, 6.45) is 3.04. The van der Waals surface area contributed by atoms with Crippen molar-refractivity contribution in [1.82, 2.24) is 34.0 Å². The van der Waals surface area contributed by atoms with Crippen molar-refractivity contribution in [1.29, 1.82) is 0 Å². The molecule has 0 fully saturated rings. The number of nitrogens with zero attached hydrogens (tertiary/aromatic N) is 5. The molecule has 0 radical (unpaired) electrons. The minimum atomic E-state index is -0.405. The van der Waals surface area contributed by atoms with Gasteiger partial charge in [0.15, 0.2) is 11.4 Å². The SMILES string of the molecule is CC(=O)c1ccc2c(c1C)CC[C@@H]2NC(=O)c1cc(C(=O)NCc2ccc3nsnc3c2)nc2ccnn12. The number of Topliss-reactive ketones (excluding diaryl/α,β-unsaturated/α-hetero) is 1. The van der Waals surface area contributed by atoms with E-state index in [1.54, 1.807) is 13.0 Å². The van der Waals surface area contributed by atoms with Crippen molar-refractivity contribution in [3.63, 3.8) is 0 Å². The third-order valence-corrected chi connectivity index (χ3v) is 7.53. The molecule has 0 spiro atoms. The fourth-order valence-electron chi connectivity index (χ4n) is 5.05. The van der Waals surface area contributed by atoms with Crippen molar-refractivity contribution in [2.24, 2.45) is 0 Å². The van der Waals surface area contributed by atoms with Crippen LogP contribution in [0.1, 0.15) is 73.0 Å². The molecule has 11 heteroatoms. The number of ketones is 1. The first-order valence-corrected chi connectivity index (χ1v) is 12.9. The molecule has 3 aromatic heterocycles. The summed E-state index contributed by atoms with van der Waals surface area (Å²) in [5.74, 6) is -0.734. The van der Waals surface area contributed by atoms with E-state index in [0.717, 1.165) is 57.9 Å². The van der Waals surface area contributed by atoms with E-state index in [4.69, 9.17) is 0 Å². The van der Waals surface area contributed by atoms with E-state index in [0.29, 0.717) is 11.2 Å². The zero-order valence-corrected chi connectivity index (χ0v) is 21.5. The van der Waals surface area contributed by atoms with Crippen molar-refractivity contribution >= 4 is 46.0 Å². The van der Waals surface area contributed by atoms with Crippen molar-refractivity contribution < 1.29 is 14.4 Å². The molecule has 38 heavy (non-hydrogen) atoms. The highest BCUT2D eigenvalue weighted by molar-refractivity contribution is 7.00. The van der Waals surface area contributed by atoms with E-state index >= 15 is 0 Å².